The number of aryl methyl sites for hydroxylation is 2. The molecule has 0 saturated heterocycles. The van der Waals surface area contributed by atoms with E-state index in [0.29, 0.717) is 22.9 Å². The number of benzene rings is 1. The molecule has 7 heteroatoms. The van der Waals surface area contributed by atoms with E-state index in [1.807, 2.05) is 18.2 Å². The molecule has 0 aliphatic heterocycles. The van der Waals surface area contributed by atoms with Crippen molar-refractivity contribution >= 4 is 17.0 Å². The minimum atomic E-state index is -0.431. The summed E-state index contributed by atoms with van der Waals surface area (Å²) in [5.41, 5.74) is 3.53. The lowest BCUT2D eigenvalue weighted by atomic mass is 9.87. The number of nitrogens with zero attached hydrogens (tertiary/aromatic N) is 3. The standard InChI is InChI=1S/C20H24N4O3/c1-12-8-13(2)24(19(26)22-12)11-17(25)21-10-18-23-15-9-14(20(3,4)5)6-7-16(15)27-18/h6-9H,10-11H2,1-5H3,(H,21,25). The molecule has 1 aromatic carbocycles. The number of rotatable bonds is 4. The summed E-state index contributed by atoms with van der Waals surface area (Å²) in [4.78, 5) is 32.5. The molecule has 142 valence electrons. The van der Waals surface area contributed by atoms with Crippen molar-refractivity contribution in [2.75, 3.05) is 0 Å². The number of carbonyl (C=O) groups is 1. The van der Waals surface area contributed by atoms with E-state index in [1.54, 1.807) is 19.9 Å². The minimum absolute atomic E-state index is 0.0225. The molecule has 0 aliphatic carbocycles. The Bertz CT molecular complexity index is 1060. The Hall–Kier alpha value is -2.96. The molecule has 3 rings (SSSR count). The van der Waals surface area contributed by atoms with Crippen LogP contribution in [-0.2, 0) is 23.3 Å². The number of amides is 1. The van der Waals surface area contributed by atoms with Crippen LogP contribution in [0.3, 0.4) is 0 Å². The second kappa shape index (κ2) is 6.98. The third-order valence-electron chi connectivity index (χ3n) is 4.38. The van der Waals surface area contributed by atoms with E-state index in [1.165, 1.54) is 10.1 Å². The van der Waals surface area contributed by atoms with Crippen molar-refractivity contribution in [2.24, 2.45) is 0 Å². The molecule has 0 saturated carbocycles. The van der Waals surface area contributed by atoms with Crippen LogP contribution in [0.1, 0.15) is 43.6 Å². The fraction of sp³-hybridized carbons (Fsp3) is 0.400. The van der Waals surface area contributed by atoms with E-state index >= 15 is 0 Å². The van der Waals surface area contributed by atoms with Gasteiger partial charge in [0.15, 0.2) is 5.58 Å². The predicted octanol–water partition coefficient (Wildman–Crippen LogP) is 2.62. The zero-order valence-electron chi connectivity index (χ0n) is 16.3. The van der Waals surface area contributed by atoms with Gasteiger partial charge in [-0.05, 0) is 43.0 Å². The topological polar surface area (TPSA) is 90.0 Å². The first-order valence-corrected chi connectivity index (χ1v) is 8.85. The molecule has 2 heterocycles. The van der Waals surface area contributed by atoms with Crippen LogP contribution in [0.15, 0.2) is 33.5 Å². The number of nitrogens with one attached hydrogen (secondary N) is 1. The maximum absolute atomic E-state index is 12.2. The van der Waals surface area contributed by atoms with E-state index in [2.05, 4.69) is 36.1 Å². The first-order valence-electron chi connectivity index (χ1n) is 8.85. The monoisotopic (exact) mass is 368 g/mol. The minimum Gasteiger partial charge on any atom is -0.439 e. The first kappa shape index (κ1) is 18.8. The molecular formula is C20H24N4O3. The molecule has 0 fully saturated rings. The highest BCUT2D eigenvalue weighted by molar-refractivity contribution is 5.76. The number of hydrogen-bond acceptors (Lipinski definition) is 5. The summed E-state index contributed by atoms with van der Waals surface area (Å²) >= 11 is 0. The van der Waals surface area contributed by atoms with Gasteiger partial charge in [0, 0.05) is 11.4 Å². The number of fused-ring (bicyclic) bond motifs is 1. The maximum Gasteiger partial charge on any atom is 0.348 e. The van der Waals surface area contributed by atoms with Gasteiger partial charge in [-0.1, -0.05) is 26.8 Å². The number of oxazole rings is 1. The van der Waals surface area contributed by atoms with E-state index in [0.717, 1.165) is 5.52 Å². The summed E-state index contributed by atoms with van der Waals surface area (Å²) < 4.78 is 7.03. The van der Waals surface area contributed by atoms with Crippen molar-refractivity contribution < 1.29 is 9.21 Å². The maximum atomic E-state index is 12.2. The summed E-state index contributed by atoms with van der Waals surface area (Å²) in [6.45, 7) is 10.0. The number of hydrogen-bond donors (Lipinski definition) is 1. The van der Waals surface area contributed by atoms with Crippen molar-refractivity contribution in [3.05, 3.63) is 57.6 Å². The molecule has 7 nitrogen and oxygen atoms in total. The second-order valence-electron chi connectivity index (χ2n) is 7.72. The molecule has 0 atom stereocenters. The Morgan fingerprint density at radius 2 is 1.93 bits per heavy atom. The van der Waals surface area contributed by atoms with Crippen LogP contribution < -0.4 is 11.0 Å². The summed E-state index contributed by atoms with van der Waals surface area (Å²) in [5, 5.41) is 2.74. The van der Waals surface area contributed by atoms with E-state index in [-0.39, 0.29) is 24.4 Å². The Morgan fingerprint density at radius 3 is 2.59 bits per heavy atom. The quantitative estimate of drug-likeness (QED) is 0.764. The zero-order valence-corrected chi connectivity index (χ0v) is 16.3. The van der Waals surface area contributed by atoms with E-state index in [9.17, 15) is 9.59 Å². The van der Waals surface area contributed by atoms with Gasteiger partial charge in [0.25, 0.3) is 0 Å². The summed E-state index contributed by atoms with van der Waals surface area (Å²) in [6.07, 6.45) is 0. The van der Waals surface area contributed by atoms with Crippen LogP contribution >= 0.6 is 0 Å². The van der Waals surface area contributed by atoms with Crippen molar-refractivity contribution in [3.8, 4) is 0 Å². The highest BCUT2D eigenvalue weighted by Crippen LogP contribution is 2.26. The van der Waals surface area contributed by atoms with Gasteiger partial charge in [-0.2, -0.15) is 4.98 Å². The largest absolute Gasteiger partial charge is 0.439 e. The Balaban J connectivity index is 1.70. The van der Waals surface area contributed by atoms with Crippen LogP contribution in [0.25, 0.3) is 11.1 Å². The van der Waals surface area contributed by atoms with Crippen molar-refractivity contribution in [3.63, 3.8) is 0 Å². The fourth-order valence-electron chi connectivity index (χ4n) is 2.86. The van der Waals surface area contributed by atoms with Crippen LogP contribution in [0, 0.1) is 13.8 Å². The van der Waals surface area contributed by atoms with Crippen LogP contribution in [0.5, 0.6) is 0 Å². The zero-order chi connectivity index (χ0) is 19.8. The molecule has 3 aromatic rings. The molecular weight excluding hydrogens is 344 g/mol. The SMILES string of the molecule is Cc1cc(C)n(CC(=O)NCc2nc3cc(C(C)(C)C)ccc3o2)c(=O)n1. The molecule has 0 bridgehead atoms. The van der Waals surface area contributed by atoms with Gasteiger partial charge in [-0.3, -0.25) is 9.36 Å². The van der Waals surface area contributed by atoms with Crippen LogP contribution in [0.4, 0.5) is 0 Å². The smallest absolute Gasteiger partial charge is 0.348 e. The number of aromatic nitrogens is 3. The first-order chi connectivity index (χ1) is 12.6. The summed E-state index contributed by atoms with van der Waals surface area (Å²) in [6, 6.07) is 7.69. The summed E-state index contributed by atoms with van der Waals surface area (Å²) in [7, 11) is 0. The third-order valence-corrected chi connectivity index (χ3v) is 4.38. The third kappa shape index (κ3) is 4.24. The predicted molar refractivity (Wildman–Crippen MR) is 103 cm³/mol. The Morgan fingerprint density at radius 1 is 1.19 bits per heavy atom. The average Bonchev–Trinajstić information content (AvgIpc) is 2.97. The molecule has 0 aliphatic rings. The lowest BCUT2D eigenvalue weighted by Gasteiger charge is -2.18. The van der Waals surface area contributed by atoms with Crippen molar-refractivity contribution in [1.82, 2.24) is 19.9 Å². The van der Waals surface area contributed by atoms with Crippen LogP contribution in [0.2, 0.25) is 0 Å². The normalized spacial score (nSPS) is 11.7. The van der Waals surface area contributed by atoms with E-state index < -0.39 is 5.69 Å². The molecule has 0 radical (unpaired) electrons. The van der Waals surface area contributed by atoms with Gasteiger partial charge in [-0.25, -0.2) is 9.78 Å². The Kier molecular flexibility index (Phi) is 4.87. The van der Waals surface area contributed by atoms with Gasteiger partial charge in [0.05, 0.1) is 6.54 Å². The van der Waals surface area contributed by atoms with Crippen molar-refractivity contribution in [1.29, 1.82) is 0 Å². The summed E-state index contributed by atoms with van der Waals surface area (Å²) in [5.74, 6) is 0.124. The molecule has 27 heavy (non-hydrogen) atoms. The van der Waals surface area contributed by atoms with Gasteiger partial charge in [-0.15, -0.1) is 0 Å². The van der Waals surface area contributed by atoms with Crippen molar-refractivity contribution in [2.45, 2.75) is 53.1 Å². The molecule has 1 N–H and O–H groups in total. The Labute approximate surface area is 157 Å². The molecule has 1 amide bonds. The highest BCUT2D eigenvalue weighted by Gasteiger charge is 2.16. The molecule has 0 unspecified atom stereocenters. The fourth-order valence-corrected chi connectivity index (χ4v) is 2.86. The van der Waals surface area contributed by atoms with Crippen LogP contribution in [-0.4, -0.2) is 20.4 Å². The van der Waals surface area contributed by atoms with E-state index in [4.69, 9.17) is 4.42 Å². The van der Waals surface area contributed by atoms with Gasteiger partial charge < -0.3 is 9.73 Å². The number of carbonyl (C=O) groups excluding carboxylic acids is 1. The second-order valence-corrected chi connectivity index (χ2v) is 7.72. The van der Waals surface area contributed by atoms with Gasteiger partial charge >= 0.3 is 5.69 Å². The highest BCUT2D eigenvalue weighted by atomic mass is 16.3. The molecule has 0 spiro atoms. The average molecular weight is 368 g/mol. The van der Waals surface area contributed by atoms with Gasteiger partial charge in [0.2, 0.25) is 11.8 Å². The lowest BCUT2D eigenvalue weighted by Crippen LogP contribution is -2.34. The lowest BCUT2D eigenvalue weighted by molar-refractivity contribution is -0.122. The van der Waals surface area contributed by atoms with Gasteiger partial charge in [0.1, 0.15) is 12.1 Å². The molecule has 2 aromatic heterocycles.